The van der Waals surface area contributed by atoms with Gasteiger partial charge in [-0.25, -0.2) is 9.18 Å². The number of halogens is 2. The van der Waals surface area contributed by atoms with Crippen LogP contribution < -0.4 is 5.32 Å². The molecule has 0 fully saturated rings. The lowest BCUT2D eigenvalue weighted by molar-refractivity contribution is -0.125. The summed E-state index contributed by atoms with van der Waals surface area (Å²) in [4.78, 5) is 23.2. The molecule has 1 amide bonds. The summed E-state index contributed by atoms with van der Waals surface area (Å²) in [6.45, 7) is 5.04. The van der Waals surface area contributed by atoms with Crippen molar-refractivity contribution in [3.63, 3.8) is 0 Å². The van der Waals surface area contributed by atoms with Crippen molar-refractivity contribution in [3.8, 4) is 0 Å². The number of nitrogens with one attached hydrogen (secondary N) is 1. The van der Waals surface area contributed by atoms with Crippen molar-refractivity contribution in [2.75, 3.05) is 6.61 Å². The highest BCUT2D eigenvalue weighted by Crippen LogP contribution is 2.18. The summed E-state index contributed by atoms with van der Waals surface area (Å²) in [5, 5.41) is 2.65. The molecule has 0 heterocycles. The van der Waals surface area contributed by atoms with Crippen LogP contribution in [0.25, 0.3) is 0 Å². The third-order valence-electron chi connectivity index (χ3n) is 2.00. The lowest BCUT2D eigenvalue weighted by Crippen LogP contribution is -2.42. The van der Waals surface area contributed by atoms with Gasteiger partial charge in [-0.3, -0.25) is 4.79 Å². The van der Waals surface area contributed by atoms with Gasteiger partial charge in [0.2, 0.25) is 0 Å². The third-order valence-corrected chi connectivity index (χ3v) is 2.69. The van der Waals surface area contributed by atoms with Crippen LogP contribution in [0.5, 0.6) is 0 Å². The van der Waals surface area contributed by atoms with Crippen molar-refractivity contribution in [1.29, 1.82) is 0 Å². The summed E-state index contributed by atoms with van der Waals surface area (Å²) in [5.41, 5.74) is -0.355. The van der Waals surface area contributed by atoms with Gasteiger partial charge in [0.15, 0.2) is 6.61 Å². The Balaban J connectivity index is 2.61. The maximum Gasteiger partial charge on any atom is 0.339 e. The molecule has 104 valence electrons. The minimum atomic E-state index is -0.754. The fraction of sp³-hybridized carbons (Fsp3) is 0.385. The first kappa shape index (κ1) is 15.6. The van der Waals surface area contributed by atoms with E-state index in [4.69, 9.17) is 4.74 Å². The van der Waals surface area contributed by atoms with E-state index in [2.05, 4.69) is 21.2 Å². The number of rotatable bonds is 3. The number of ether oxygens (including phenoxy) is 1. The Hall–Kier alpha value is -1.43. The first-order valence-corrected chi connectivity index (χ1v) is 6.41. The standard InChI is InChI=1S/C13H15BrFNO3/c1-13(2,3)16-11(17)7-19-12(18)9-6-8(15)4-5-10(9)14/h4-6H,7H2,1-3H3,(H,16,17). The molecule has 0 saturated carbocycles. The Morgan fingerprint density at radius 3 is 2.58 bits per heavy atom. The Kier molecular flexibility index (Phi) is 5.05. The van der Waals surface area contributed by atoms with Crippen LogP contribution in [0, 0.1) is 5.82 Å². The molecular weight excluding hydrogens is 317 g/mol. The average Bonchev–Trinajstić information content (AvgIpc) is 2.27. The van der Waals surface area contributed by atoms with Crippen LogP contribution >= 0.6 is 15.9 Å². The number of hydrogen-bond donors (Lipinski definition) is 1. The number of esters is 1. The van der Waals surface area contributed by atoms with Crippen molar-refractivity contribution in [2.45, 2.75) is 26.3 Å². The zero-order valence-corrected chi connectivity index (χ0v) is 12.5. The highest BCUT2D eigenvalue weighted by molar-refractivity contribution is 9.10. The maximum absolute atomic E-state index is 13.0. The molecule has 0 spiro atoms. The summed E-state index contributed by atoms with van der Waals surface area (Å²) in [7, 11) is 0. The monoisotopic (exact) mass is 331 g/mol. The van der Waals surface area contributed by atoms with Crippen LogP contribution in [-0.2, 0) is 9.53 Å². The second-order valence-corrected chi connectivity index (χ2v) is 5.85. The van der Waals surface area contributed by atoms with Crippen molar-refractivity contribution in [3.05, 3.63) is 34.1 Å². The summed E-state index contributed by atoms with van der Waals surface area (Å²) in [6, 6.07) is 3.67. The lowest BCUT2D eigenvalue weighted by Gasteiger charge is -2.20. The molecular formula is C13H15BrFNO3. The second kappa shape index (κ2) is 6.14. The summed E-state index contributed by atoms with van der Waals surface area (Å²) in [6.07, 6.45) is 0. The number of carbonyl (C=O) groups is 2. The van der Waals surface area contributed by atoms with Crippen LogP contribution in [0.3, 0.4) is 0 Å². The highest BCUT2D eigenvalue weighted by Gasteiger charge is 2.17. The van der Waals surface area contributed by atoms with Crippen molar-refractivity contribution in [1.82, 2.24) is 5.32 Å². The molecule has 0 bridgehead atoms. The Morgan fingerprint density at radius 1 is 1.37 bits per heavy atom. The van der Waals surface area contributed by atoms with Crippen LogP contribution in [0.2, 0.25) is 0 Å². The van der Waals surface area contributed by atoms with Crippen molar-refractivity contribution < 1.29 is 18.7 Å². The number of benzene rings is 1. The number of hydrogen-bond acceptors (Lipinski definition) is 3. The van der Waals surface area contributed by atoms with Crippen molar-refractivity contribution >= 4 is 27.8 Å². The predicted molar refractivity (Wildman–Crippen MR) is 72.3 cm³/mol. The van der Waals surface area contributed by atoms with E-state index >= 15 is 0 Å². The quantitative estimate of drug-likeness (QED) is 0.866. The van der Waals surface area contributed by atoms with Gasteiger partial charge >= 0.3 is 5.97 Å². The smallest absolute Gasteiger partial charge is 0.339 e. The normalized spacial score (nSPS) is 11.0. The molecule has 0 saturated heterocycles. The van der Waals surface area contributed by atoms with E-state index in [-0.39, 0.29) is 5.56 Å². The molecule has 0 radical (unpaired) electrons. The molecule has 19 heavy (non-hydrogen) atoms. The maximum atomic E-state index is 13.0. The predicted octanol–water partition coefficient (Wildman–Crippen LogP) is 2.66. The molecule has 6 heteroatoms. The second-order valence-electron chi connectivity index (χ2n) is 5.00. The van der Waals surface area contributed by atoms with Crippen LogP contribution in [-0.4, -0.2) is 24.0 Å². The van der Waals surface area contributed by atoms with Crippen molar-refractivity contribution in [2.24, 2.45) is 0 Å². The molecule has 0 aliphatic heterocycles. The van der Waals surface area contributed by atoms with E-state index in [0.29, 0.717) is 4.47 Å². The first-order chi connectivity index (χ1) is 8.69. The lowest BCUT2D eigenvalue weighted by atomic mass is 10.1. The number of amides is 1. The highest BCUT2D eigenvalue weighted by atomic mass is 79.9. The van der Waals surface area contributed by atoms with E-state index < -0.39 is 29.8 Å². The third kappa shape index (κ3) is 5.38. The van der Waals surface area contributed by atoms with Gasteiger partial charge in [-0.05, 0) is 54.9 Å². The Bertz CT molecular complexity index is 497. The molecule has 0 aliphatic rings. The van der Waals surface area contributed by atoms with Crippen LogP contribution in [0.1, 0.15) is 31.1 Å². The zero-order valence-electron chi connectivity index (χ0n) is 10.9. The topological polar surface area (TPSA) is 55.4 Å². The van der Waals surface area contributed by atoms with Gasteiger partial charge in [0.25, 0.3) is 5.91 Å². The van der Waals surface area contributed by atoms with Gasteiger partial charge in [0, 0.05) is 10.0 Å². The largest absolute Gasteiger partial charge is 0.452 e. The molecule has 4 nitrogen and oxygen atoms in total. The van der Waals surface area contributed by atoms with Crippen LogP contribution in [0.4, 0.5) is 4.39 Å². The Morgan fingerprint density at radius 2 is 2.00 bits per heavy atom. The van der Waals surface area contributed by atoms with Gasteiger partial charge in [-0.2, -0.15) is 0 Å². The minimum Gasteiger partial charge on any atom is -0.452 e. The van der Waals surface area contributed by atoms with E-state index in [1.54, 1.807) is 0 Å². The summed E-state index contributed by atoms with van der Waals surface area (Å²) >= 11 is 3.12. The summed E-state index contributed by atoms with van der Waals surface area (Å²) in [5.74, 6) is -1.71. The van der Waals surface area contributed by atoms with E-state index in [1.165, 1.54) is 12.1 Å². The molecule has 0 aliphatic carbocycles. The van der Waals surface area contributed by atoms with E-state index in [0.717, 1.165) is 6.07 Å². The zero-order chi connectivity index (χ0) is 14.6. The average molecular weight is 332 g/mol. The SMILES string of the molecule is CC(C)(C)NC(=O)COC(=O)c1cc(F)ccc1Br. The van der Waals surface area contributed by atoms with Gasteiger partial charge < -0.3 is 10.1 Å². The minimum absolute atomic E-state index is 0.0450. The fourth-order valence-corrected chi connectivity index (χ4v) is 1.73. The van der Waals surface area contributed by atoms with E-state index in [9.17, 15) is 14.0 Å². The molecule has 1 aromatic carbocycles. The number of carbonyl (C=O) groups excluding carboxylic acids is 2. The van der Waals surface area contributed by atoms with Gasteiger partial charge in [-0.1, -0.05) is 0 Å². The van der Waals surface area contributed by atoms with Gasteiger partial charge in [-0.15, -0.1) is 0 Å². The van der Waals surface area contributed by atoms with E-state index in [1.807, 2.05) is 20.8 Å². The molecule has 1 aromatic rings. The molecule has 1 rings (SSSR count). The fourth-order valence-electron chi connectivity index (χ4n) is 1.32. The van der Waals surface area contributed by atoms with Gasteiger partial charge in [0.05, 0.1) is 5.56 Å². The summed E-state index contributed by atoms with van der Waals surface area (Å²) < 4.78 is 18.3. The molecule has 0 unspecified atom stereocenters. The van der Waals surface area contributed by atoms with Crippen LogP contribution in [0.15, 0.2) is 22.7 Å². The molecule has 0 aromatic heterocycles. The molecule has 0 atom stereocenters. The molecule has 1 N–H and O–H groups in total. The van der Waals surface area contributed by atoms with Gasteiger partial charge in [0.1, 0.15) is 5.82 Å². The Labute approximate surface area is 119 Å². The first-order valence-electron chi connectivity index (χ1n) is 5.62.